The molecule has 0 spiro atoms. The van der Waals surface area contributed by atoms with Crippen molar-refractivity contribution in [1.29, 1.82) is 0 Å². The first-order valence-corrected chi connectivity index (χ1v) is 12.0. The highest BCUT2D eigenvalue weighted by molar-refractivity contribution is 7.89. The third-order valence-electron chi connectivity index (χ3n) is 5.68. The maximum Gasteiger partial charge on any atom is 0.243 e. The van der Waals surface area contributed by atoms with Crippen molar-refractivity contribution >= 4 is 10.0 Å². The molecule has 0 amide bonds. The van der Waals surface area contributed by atoms with Gasteiger partial charge in [0, 0.05) is 12.1 Å². The molecule has 148 valence electrons. The molecule has 2 rings (SSSR count). The Hall–Kier alpha value is -0.870. The summed E-state index contributed by atoms with van der Waals surface area (Å²) in [5.74, 6) is 0. The zero-order valence-corrected chi connectivity index (χ0v) is 17.7. The molecule has 1 heterocycles. The Bertz CT molecular complexity index is 624. The Labute approximate surface area is 161 Å². The van der Waals surface area contributed by atoms with Crippen LogP contribution in [0.4, 0.5) is 0 Å². The van der Waals surface area contributed by atoms with Crippen LogP contribution in [0.15, 0.2) is 29.2 Å². The third kappa shape index (κ3) is 5.56. The van der Waals surface area contributed by atoms with E-state index in [0.717, 1.165) is 50.5 Å². The second kappa shape index (κ2) is 10.5. The van der Waals surface area contributed by atoms with Crippen LogP contribution in [0.1, 0.15) is 90.0 Å². The first kappa shape index (κ1) is 21.4. The number of rotatable bonds is 11. The van der Waals surface area contributed by atoms with Crippen LogP contribution < -0.4 is 0 Å². The molecule has 1 fully saturated rings. The van der Waals surface area contributed by atoms with Gasteiger partial charge in [-0.2, -0.15) is 4.31 Å². The van der Waals surface area contributed by atoms with Gasteiger partial charge in [-0.15, -0.1) is 0 Å². The first-order valence-electron chi connectivity index (χ1n) is 10.6. The van der Waals surface area contributed by atoms with Gasteiger partial charge < -0.3 is 0 Å². The maximum atomic E-state index is 13.4. The van der Waals surface area contributed by atoms with Crippen molar-refractivity contribution in [2.24, 2.45) is 0 Å². The lowest BCUT2D eigenvalue weighted by Gasteiger charge is -2.30. The standard InChI is InChI=1S/C22H37NO2S/c1-4-6-8-9-10-12-21-16-15-20(11-7-5-2)23(21)26(24,25)22-17-13-19(3)14-18-22/h13-14,17-18,20-21H,4-12,15-16H2,1-3H3/t20-,21+/m1/s1. The fraction of sp³-hybridized carbons (Fsp3) is 0.727. The largest absolute Gasteiger partial charge is 0.243 e. The van der Waals surface area contributed by atoms with Crippen LogP contribution >= 0.6 is 0 Å². The minimum Gasteiger partial charge on any atom is -0.207 e. The monoisotopic (exact) mass is 379 g/mol. The van der Waals surface area contributed by atoms with Crippen LogP contribution in [0.5, 0.6) is 0 Å². The van der Waals surface area contributed by atoms with Gasteiger partial charge in [-0.3, -0.25) is 0 Å². The second-order valence-electron chi connectivity index (χ2n) is 7.88. The minimum atomic E-state index is -3.40. The Morgan fingerprint density at radius 3 is 1.96 bits per heavy atom. The Morgan fingerprint density at radius 1 is 0.846 bits per heavy atom. The van der Waals surface area contributed by atoms with E-state index in [9.17, 15) is 8.42 Å². The molecule has 0 aliphatic carbocycles. The molecule has 26 heavy (non-hydrogen) atoms. The predicted octanol–water partition coefficient (Wildman–Crippen LogP) is 6.07. The molecule has 1 aromatic carbocycles. The summed E-state index contributed by atoms with van der Waals surface area (Å²) in [6, 6.07) is 7.73. The fourth-order valence-corrected chi connectivity index (χ4v) is 6.06. The quantitative estimate of drug-likeness (QED) is 0.438. The summed E-state index contributed by atoms with van der Waals surface area (Å²) in [6.07, 6.45) is 12.4. The number of unbranched alkanes of at least 4 members (excludes halogenated alkanes) is 5. The minimum absolute atomic E-state index is 0.182. The molecule has 0 unspecified atom stereocenters. The molecule has 0 radical (unpaired) electrons. The number of sulfonamides is 1. The number of aryl methyl sites for hydroxylation is 1. The van der Waals surface area contributed by atoms with Crippen molar-refractivity contribution in [1.82, 2.24) is 4.31 Å². The van der Waals surface area contributed by atoms with Crippen molar-refractivity contribution in [3.05, 3.63) is 29.8 Å². The van der Waals surface area contributed by atoms with E-state index < -0.39 is 10.0 Å². The van der Waals surface area contributed by atoms with E-state index in [0.29, 0.717) is 4.90 Å². The van der Waals surface area contributed by atoms with E-state index in [4.69, 9.17) is 0 Å². The van der Waals surface area contributed by atoms with Crippen molar-refractivity contribution in [2.45, 2.75) is 108 Å². The normalized spacial score (nSPS) is 21.3. The first-order chi connectivity index (χ1) is 12.5. The van der Waals surface area contributed by atoms with E-state index in [1.165, 1.54) is 25.7 Å². The molecule has 0 bridgehead atoms. The smallest absolute Gasteiger partial charge is 0.207 e. The van der Waals surface area contributed by atoms with Crippen LogP contribution in [0.3, 0.4) is 0 Å². The molecule has 1 saturated heterocycles. The molecule has 2 atom stereocenters. The lowest BCUT2D eigenvalue weighted by Crippen LogP contribution is -2.41. The highest BCUT2D eigenvalue weighted by Gasteiger charge is 2.41. The van der Waals surface area contributed by atoms with Crippen LogP contribution in [0.2, 0.25) is 0 Å². The number of hydrogen-bond donors (Lipinski definition) is 0. The summed E-state index contributed by atoms with van der Waals surface area (Å²) in [6.45, 7) is 6.40. The van der Waals surface area contributed by atoms with Gasteiger partial charge in [-0.05, 0) is 44.7 Å². The second-order valence-corrected chi connectivity index (χ2v) is 9.72. The number of nitrogens with zero attached hydrogens (tertiary/aromatic N) is 1. The van der Waals surface area contributed by atoms with Gasteiger partial charge in [0.05, 0.1) is 4.90 Å². The van der Waals surface area contributed by atoms with E-state index in [2.05, 4.69) is 13.8 Å². The van der Waals surface area contributed by atoms with E-state index in [-0.39, 0.29) is 12.1 Å². The molecule has 3 nitrogen and oxygen atoms in total. The van der Waals surface area contributed by atoms with Gasteiger partial charge >= 0.3 is 0 Å². The van der Waals surface area contributed by atoms with Gasteiger partial charge in [-0.1, -0.05) is 76.5 Å². The summed E-state index contributed by atoms with van der Waals surface area (Å²) in [4.78, 5) is 0.461. The average Bonchev–Trinajstić information content (AvgIpc) is 3.04. The Balaban J connectivity index is 2.13. The Morgan fingerprint density at radius 2 is 1.38 bits per heavy atom. The van der Waals surface area contributed by atoms with Gasteiger partial charge in [0.1, 0.15) is 0 Å². The number of hydrogen-bond acceptors (Lipinski definition) is 2. The molecular formula is C22H37NO2S. The SMILES string of the molecule is CCCCCCC[C@H]1CC[C@@H](CCCC)N1S(=O)(=O)c1ccc(C)cc1. The van der Waals surface area contributed by atoms with E-state index >= 15 is 0 Å². The van der Waals surface area contributed by atoms with Crippen LogP contribution in [0, 0.1) is 6.92 Å². The van der Waals surface area contributed by atoms with Crippen molar-refractivity contribution in [2.75, 3.05) is 0 Å². The molecule has 1 aromatic rings. The van der Waals surface area contributed by atoms with Crippen molar-refractivity contribution in [3.8, 4) is 0 Å². The molecule has 1 aliphatic heterocycles. The highest BCUT2D eigenvalue weighted by atomic mass is 32.2. The van der Waals surface area contributed by atoms with E-state index in [1.807, 2.05) is 23.4 Å². The third-order valence-corrected chi connectivity index (χ3v) is 7.70. The summed E-state index contributed by atoms with van der Waals surface area (Å²) >= 11 is 0. The van der Waals surface area contributed by atoms with Crippen molar-refractivity contribution in [3.63, 3.8) is 0 Å². The predicted molar refractivity (Wildman–Crippen MR) is 110 cm³/mol. The summed E-state index contributed by atoms with van der Waals surface area (Å²) in [5, 5.41) is 0. The van der Waals surface area contributed by atoms with Crippen LogP contribution in [-0.2, 0) is 10.0 Å². The van der Waals surface area contributed by atoms with Crippen LogP contribution in [0.25, 0.3) is 0 Å². The Kier molecular flexibility index (Phi) is 8.62. The molecule has 0 N–H and O–H groups in total. The number of benzene rings is 1. The highest BCUT2D eigenvalue weighted by Crippen LogP contribution is 2.36. The van der Waals surface area contributed by atoms with Gasteiger partial charge in [0.25, 0.3) is 0 Å². The molecular weight excluding hydrogens is 342 g/mol. The maximum absolute atomic E-state index is 13.4. The van der Waals surface area contributed by atoms with Crippen molar-refractivity contribution < 1.29 is 8.42 Å². The molecule has 0 saturated carbocycles. The zero-order valence-electron chi connectivity index (χ0n) is 16.9. The fourth-order valence-electron chi connectivity index (χ4n) is 4.13. The summed E-state index contributed by atoms with van der Waals surface area (Å²) in [5.41, 5.74) is 1.10. The average molecular weight is 380 g/mol. The lowest BCUT2D eigenvalue weighted by molar-refractivity contribution is 0.290. The lowest BCUT2D eigenvalue weighted by atomic mass is 10.0. The summed E-state index contributed by atoms with van der Waals surface area (Å²) in [7, 11) is -3.40. The zero-order chi connectivity index (χ0) is 19.0. The van der Waals surface area contributed by atoms with Crippen LogP contribution in [-0.4, -0.2) is 24.8 Å². The van der Waals surface area contributed by atoms with E-state index in [1.54, 1.807) is 12.1 Å². The summed E-state index contributed by atoms with van der Waals surface area (Å²) < 4.78 is 28.7. The van der Waals surface area contributed by atoms with Gasteiger partial charge in [-0.25, -0.2) is 8.42 Å². The molecule has 4 heteroatoms. The van der Waals surface area contributed by atoms with Gasteiger partial charge in [0.15, 0.2) is 0 Å². The topological polar surface area (TPSA) is 37.4 Å². The van der Waals surface area contributed by atoms with Gasteiger partial charge in [0.2, 0.25) is 10.0 Å². The molecule has 0 aromatic heterocycles. The molecule has 1 aliphatic rings.